The summed E-state index contributed by atoms with van der Waals surface area (Å²) in [5, 5.41) is 5.82. The van der Waals surface area contributed by atoms with Crippen LogP contribution in [0.15, 0.2) is 18.2 Å². The molecule has 2 amide bonds. The Morgan fingerprint density at radius 3 is 1.81 bits per heavy atom. The van der Waals surface area contributed by atoms with E-state index in [9.17, 15) is 9.59 Å². The Morgan fingerprint density at radius 1 is 0.857 bits per heavy atom. The van der Waals surface area contributed by atoms with Crippen molar-refractivity contribution in [2.45, 2.75) is 48.5 Å². The molecule has 0 fully saturated rings. The molecule has 21 heavy (non-hydrogen) atoms. The summed E-state index contributed by atoms with van der Waals surface area (Å²) in [6, 6.07) is 5.57. The Hall–Kier alpha value is -1.84. The van der Waals surface area contributed by atoms with Crippen LogP contribution in [-0.2, 0) is 9.59 Å². The predicted octanol–water partition coefficient (Wildman–Crippen LogP) is 3.96. The van der Waals surface area contributed by atoms with Crippen LogP contribution in [0.1, 0.15) is 47.1 Å². The highest BCUT2D eigenvalue weighted by molar-refractivity contribution is 6.03. The number of para-hydroxylation sites is 1. The Balaban J connectivity index is 3.10. The molecule has 0 aliphatic rings. The van der Waals surface area contributed by atoms with E-state index in [2.05, 4.69) is 10.6 Å². The minimum absolute atomic E-state index is 0.0805. The first-order valence-electron chi connectivity index (χ1n) is 7.15. The molecule has 0 unspecified atom stereocenters. The molecule has 0 saturated heterocycles. The lowest BCUT2D eigenvalue weighted by molar-refractivity contribution is -0.124. The van der Waals surface area contributed by atoms with Crippen LogP contribution in [0, 0.1) is 17.8 Å². The van der Waals surface area contributed by atoms with Crippen LogP contribution in [0.25, 0.3) is 0 Å². The first-order chi connectivity index (χ1) is 9.43. The highest BCUT2D eigenvalue weighted by atomic mass is 16.2. The van der Waals surface area contributed by atoms with E-state index in [0.29, 0.717) is 11.4 Å². The zero-order chi connectivity index (χ0) is 16.4. The molecule has 1 aromatic rings. The number of nitrogens with one attached hydrogen (secondary N) is 2. The van der Waals surface area contributed by atoms with Gasteiger partial charge in [-0.05, 0) is 18.6 Å². The molecular weight excluding hydrogens is 264 g/mol. The third-order valence-corrected chi connectivity index (χ3v) is 3.12. The van der Waals surface area contributed by atoms with Crippen molar-refractivity contribution in [1.82, 2.24) is 0 Å². The number of aryl methyl sites for hydroxylation is 1. The molecule has 0 atom stereocenters. The Bertz CT molecular complexity index is 549. The summed E-state index contributed by atoms with van der Waals surface area (Å²) in [6.45, 7) is 13.0. The van der Waals surface area contributed by atoms with Gasteiger partial charge in [-0.3, -0.25) is 9.59 Å². The van der Waals surface area contributed by atoms with Gasteiger partial charge in [-0.1, -0.05) is 53.7 Å². The summed E-state index contributed by atoms with van der Waals surface area (Å²) in [7, 11) is 0. The molecule has 2 N–H and O–H groups in total. The molecule has 116 valence electrons. The number of amides is 2. The van der Waals surface area contributed by atoms with E-state index in [-0.39, 0.29) is 11.8 Å². The van der Waals surface area contributed by atoms with Crippen LogP contribution < -0.4 is 10.6 Å². The fourth-order valence-electron chi connectivity index (χ4n) is 1.55. The van der Waals surface area contributed by atoms with Crippen molar-refractivity contribution in [2.75, 3.05) is 10.6 Å². The second-order valence-corrected chi connectivity index (χ2v) is 7.41. The monoisotopic (exact) mass is 290 g/mol. The third-order valence-electron chi connectivity index (χ3n) is 3.12. The molecular formula is C17H26N2O2. The van der Waals surface area contributed by atoms with Gasteiger partial charge in [0.05, 0.1) is 11.4 Å². The fourth-order valence-corrected chi connectivity index (χ4v) is 1.55. The van der Waals surface area contributed by atoms with Crippen LogP contribution in [0.5, 0.6) is 0 Å². The van der Waals surface area contributed by atoms with Gasteiger partial charge in [0, 0.05) is 10.8 Å². The van der Waals surface area contributed by atoms with Gasteiger partial charge in [0.25, 0.3) is 0 Å². The summed E-state index contributed by atoms with van der Waals surface area (Å²) in [4.78, 5) is 24.4. The molecule has 0 aromatic heterocycles. The zero-order valence-electron chi connectivity index (χ0n) is 14.0. The summed E-state index contributed by atoms with van der Waals surface area (Å²) in [5.74, 6) is -0.164. The van der Waals surface area contributed by atoms with Crippen LogP contribution in [-0.4, -0.2) is 11.8 Å². The second kappa shape index (κ2) is 5.88. The Morgan fingerprint density at radius 2 is 1.33 bits per heavy atom. The van der Waals surface area contributed by atoms with Gasteiger partial charge in [0.15, 0.2) is 0 Å². The minimum Gasteiger partial charge on any atom is -0.324 e. The lowest BCUT2D eigenvalue weighted by Gasteiger charge is -2.23. The Labute approximate surface area is 127 Å². The average molecular weight is 290 g/mol. The van der Waals surface area contributed by atoms with E-state index in [4.69, 9.17) is 0 Å². The van der Waals surface area contributed by atoms with Crippen LogP contribution in [0.2, 0.25) is 0 Å². The standard InChI is InChI=1S/C17H26N2O2/c1-11-9-8-10-12(18-14(20)16(2,3)4)13(11)19-15(21)17(5,6)7/h8-10H,1-7H3,(H,18,20)(H,19,21). The van der Waals surface area contributed by atoms with E-state index < -0.39 is 10.8 Å². The maximum absolute atomic E-state index is 12.2. The number of hydrogen-bond donors (Lipinski definition) is 2. The van der Waals surface area contributed by atoms with Gasteiger partial charge in [-0.15, -0.1) is 0 Å². The normalized spacial score (nSPS) is 12.0. The lowest BCUT2D eigenvalue weighted by atomic mass is 9.94. The summed E-state index contributed by atoms with van der Waals surface area (Å²) in [5.41, 5.74) is 1.23. The van der Waals surface area contributed by atoms with Crippen molar-refractivity contribution in [3.8, 4) is 0 Å². The topological polar surface area (TPSA) is 58.2 Å². The molecule has 0 aliphatic heterocycles. The number of benzene rings is 1. The predicted molar refractivity (Wildman–Crippen MR) is 87.3 cm³/mol. The zero-order valence-corrected chi connectivity index (χ0v) is 14.0. The van der Waals surface area contributed by atoms with E-state index in [1.807, 2.05) is 60.6 Å². The van der Waals surface area contributed by atoms with Gasteiger partial charge in [-0.25, -0.2) is 0 Å². The average Bonchev–Trinajstić information content (AvgIpc) is 2.30. The van der Waals surface area contributed by atoms with Gasteiger partial charge < -0.3 is 10.6 Å². The number of anilines is 2. The molecule has 0 bridgehead atoms. The smallest absolute Gasteiger partial charge is 0.229 e. The van der Waals surface area contributed by atoms with Gasteiger partial charge >= 0.3 is 0 Å². The minimum atomic E-state index is -0.492. The van der Waals surface area contributed by atoms with Gasteiger partial charge in [0.1, 0.15) is 0 Å². The molecule has 4 heteroatoms. The lowest BCUT2D eigenvalue weighted by Crippen LogP contribution is -2.30. The van der Waals surface area contributed by atoms with Crippen LogP contribution in [0.3, 0.4) is 0 Å². The summed E-state index contributed by atoms with van der Waals surface area (Å²) in [6.07, 6.45) is 0. The first kappa shape index (κ1) is 17.2. The summed E-state index contributed by atoms with van der Waals surface area (Å²) >= 11 is 0. The molecule has 0 saturated carbocycles. The van der Waals surface area contributed by atoms with Crippen molar-refractivity contribution >= 4 is 23.2 Å². The summed E-state index contributed by atoms with van der Waals surface area (Å²) < 4.78 is 0. The van der Waals surface area contributed by atoms with E-state index in [1.165, 1.54) is 0 Å². The maximum atomic E-state index is 12.2. The van der Waals surface area contributed by atoms with Crippen molar-refractivity contribution in [1.29, 1.82) is 0 Å². The largest absolute Gasteiger partial charge is 0.324 e. The first-order valence-corrected chi connectivity index (χ1v) is 7.15. The SMILES string of the molecule is Cc1cccc(NC(=O)C(C)(C)C)c1NC(=O)C(C)(C)C. The van der Waals surface area contributed by atoms with Crippen molar-refractivity contribution < 1.29 is 9.59 Å². The van der Waals surface area contributed by atoms with Crippen LogP contribution >= 0.6 is 0 Å². The third kappa shape index (κ3) is 4.59. The van der Waals surface area contributed by atoms with Gasteiger partial charge in [0.2, 0.25) is 11.8 Å². The molecule has 1 aromatic carbocycles. The number of carbonyl (C=O) groups is 2. The highest BCUT2D eigenvalue weighted by Crippen LogP contribution is 2.29. The number of hydrogen-bond acceptors (Lipinski definition) is 2. The highest BCUT2D eigenvalue weighted by Gasteiger charge is 2.25. The molecule has 0 spiro atoms. The second-order valence-electron chi connectivity index (χ2n) is 7.41. The molecule has 1 rings (SSSR count). The number of rotatable bonds is 2. The van der Waals surface area contributed by atoms with Crippen molar-refractivity contribution in [3.05, 3.63) is 23.8 Å². The molecule has 0 heterocycles. The molecule has 4 nitrogen and oxygen atoms in total. The van der Waals surface area contributed by atoms with Crippen molar-refractivity contribution in [2.24, 2.45) is 10.8 Å². The van der Waals surface area contributed by atoms with E-state index in [1.54, 1.807) is 6.07 Å². The maximum Gasteiger partial charge on any atom is 0.229 e. The van der Waals surface area contributed by atoms with Crippen molar-refractivity contribution in [3.63, 3.8) is 0 Å². The van der Waals surface area contributed by atoms with Gasteiger partial charge in [-0.2, -0.15) is 0 Å². The molecule has 0 aliphatic carbocycles. The van der Waals surface area contributed by atoms with Crippen LogP contribution in [0.4, 0.5) is 11.4 Å². The van der Waals surface area contributed by atoms with E-state index >= 15 is 0 Å². The fraction of sp³-hybridized carbons (Fsp3) is 0.529. The Kier molecular flexibility index (Phi) is 4.82. The quantitative estimate of drug-likeness (QED) is 0.866. The molecule has 0 radical (unpaired) electrons. The van der Waals surface area contributed by atoms with E-state index in [0.717, 1.165) is 5.56 Å². The number of carbonyl (C=O) groups excluding carboxylic acids is 2.